The summed E-state index contributed by atoms with van der Waals surface area (Å²) in [5.41, 5.74) is 1.97. The Kier molecular flexibility index (Phi) is 4.37. The van der Waals surface area contributed by atoms with Gasteiger partial charge in [-0.25, -0.2) is 0 Å². The summed E-state index contributed by atoms with van der Waals surface area (Å²) in [7, 11) is 0. The first-order chi connectivity index (χ1) is 8.33. The molecule has 0 aromatic carbocycles. The summed E-state index contributed by atoms with van der Waals surface area (Å²) < 4.78 is 0. The van der Waals surface area contributed by atoms with Gasteiger partial charge in [0, 0.05) is 25.0 Å². The van der Waals surface area contributed by atoms with Gasteiger partial charge in [-0.15, -0.1) is 0 Å². The van der Waals surface area contributed by atoms with E-state index >= 15 is 0 Å². The molecule has 1 aromatic rings. The van der Waals surface area contributed by atoms with Crippen molar-refractivity contribution in [1.29, 1.82) is 0 Å². The fraction of sp³-hybridized carbons (Fsp3) is 0.643. The summed E-state index contributed by atoms with van der Waals surface area (Å²) in [4.78, 5) is 6.56. The molecule has 0 bridgehead atoms. The fourth-order valence-corrected chi connectivity index (χ4v) is 2.58. The largest absolute Gasteiger partial charge is 0.390 e. The summed E-state index contributed by atoms with van der Waals surface area (Å²) in [6, 6.07) is 4.05. The van der Waals surface area contributed by atoms with Crippen LogP contribution in [0, 0.1) is 5.92 Å². The molecule has 0 saturated carbocycles. The van der Waals surface area contributed by atoms with Gasteiger partial charge in [-0.1, -0.05) is 13.3 Å². The van der Waals surface area contributed by atoms with Crippen LogP contribution in [0.25, 0.3) is 0 Å². The zero-order valence-corrected chi connectivity index (χ0v) is 10.6. The Hall–Kier alpha value is -1.09. The van der Waals surface area contributed by atoms with Gasteiger partial charge in [-0.05, 0) is 37.3 Å². The van der Waals surface area contributed by atoms with Crippen molar-refractivity contribution in [2.75, 3.05) is 18.0 Å². The number of rotatable bonds is 3. The van der Waals surface area contributed by atoms with Crippen LogP contribution in [-0.2, 0) is 6.61 Å². The quantitative estimate of drug-likeness (QED) is 0.873. The highest BCUT2D eigenvalue weighted by Crippen LogP contribution is 2.24. The molecule has 1 fully saturated rings. The third-order valence-corrected chi connectivity index (χ3v) is 3.75. The molecule has 0 amide bonds. The van der Waals surface area contributed by atoms with Crippen LogP contribution in [0.4, 0.5) is 5.69 Å². The molecule has 0 radical (unpaired) electrons. The van der Waals surface area contributed by atoms with Crippen LogP contribution in [0.2, 0.25) is 0 Å². The summed E-state index contributed by atoms with van der Waals surface area (Å²) in [6.07, 6.45) is 7.00. The van der Waals surface area contributed by atoms with Gasteiger partial charge in [0.1, 0.15) is 0 Å². The van der Waals surface area contributed by atoms with E-state index in [0.717, 1.165) is 24.7 Å². The first kappa shape index (κ1) is 12.4. The Morgan fingerprint density at radius 1 is 1.41 bits per heavy atom. The van der Waals surface area contributed by atoms with Crippen molar-refractivity contribution >= 4 is 5.69 Å². The molecule has 17 heavy (non-hydrogen) atoms. The lowest BCUT2D eigenvalue weighted by Gasteiger charge is -2.23. The van der Waals surface area contributed by atoms with Crippen LogP contribution in [-0.4, -0.2) is 23.2 Å². The van der Waals surface area contributed by atoms with Gasteiger partial charge in [0.05, 0.1) is 12.3 Å². The first-order valence-electron chi connectivity index (χ1n) is 6.64. The smallest absolute Gasteiger partial charge is 0.0853 e. The van der Waals surface area contributed by atoms with E-state index in [1.54, 1.807) is 6.20 Å². The zero-order valence-electron chi connectivity index (χ0n) is 10.6. The van der Waals surface area contributed by atoms with Crippen molar-refractivity contribution in [2.45, 2.75) is 39.2 Å². The minimum Gasteiger partial charge on any atom is -0.390 e. The van der Waals surface area contributed by atoms with Gasteiger partial charge in [-0.3, -0.25) is 4.98 Å². The number of pyridine rings is 1. The average Bonchev–Trinajstić information content (AvgIpc) is 2.64. The molecule has 1 aliphatic heterocycles. The predicted molar refractivity (Wildman–Crippen MR) is 70.0 cm³/mol. The van der Waals surface area contributed by atoms with E-state index < -0.39 is 0 Å². The molecule has 0 aliphatic carbocycles. The highest BCUT2D eigenvalue weighted by Gasteiger charge is 2.16. The van der Waals surface area contributed by atoms with Gasteiger partial charge < -0.3 is 10.0 Å². The first-order valence-corrected chi connectivity index (χ1v) is 6.64. The molecular formula is C14H22N2O. The third kappa shape index (κ3) is 3.19. The lowest BCUT2D eigenvalue weighted by atomic mass is 9.98. The molecule has 1 atom stereocenters. The number of aliphatic hydroxyl groups is 1. The lowest BCUT2D eigenvalue weighted by Crippen LogP contribution is -2.24. The van der Waals surface area contributed by atoms with Crippen LogP contribution in [0.1, 0.15) is 38.3 Å². The second-order valence-electron chi connectivity index (χ2n) is 4.86. The lowest BCUT2D eigenvalue weighted by molar-refractivity contribution is 0.277. The maximum atomic E-state index is 9.12. The van der Waals surface area contributed by atoms with E-state index in [-0.39, 0.29) is 6.61 Å². The molecule has 1 saturated heterocycles. The van der Waals surface area contributed by atoms with Crippen LogP contribution in [0.15, 0.2) is 18.3 Å². The Bertz CT molecular complexity index is 354. The third-order valence-electron chi connectivity index (χ3n) is 3.75. The molecule has 3 heteroatoms. The van der Waals surface area contributed by atoms with Crippen molar-refractivity contribution in [3.63, 3.8) is 0 Å². The van der Waals surface area contributed by atoms with E-state index in [1.807, 2.05) is 12.1 Å². The SMILES string of the molecule is CCC1CCCN(c2ccnc(CO)c2)CC1. The number of hydrogen-bond donors (Lipinski definition) is 1. The average molecular weight is 234 g/mol. The van der Waals surface area contributed by atoms with Gasteiger partial charge in [0.15, 0.2) is 0 Å². The summed E-state index contributed by atoms with van der Waals surface area (Å²) in [5.74, 6) is 0.888. The monoisotopic (exact) mass is 234 g/mol. The molecule has 94 valence electrons. The Morgan fingerprint density at radius 2 is 2.29 bits per heavy atom. The maximum Gasteiger partial charge on any atom is 0.0853 e. The Labute approximate surface area is 103 Å². The molecule has 3 nitrogen and oxygen atoms in total. The number of aromatic nitrogens is 1. The minimum absolute atomic E-state index is 0.0270. The van der Waals surface area contributed by atoms with Crippen molar-refractivity contribution < 1.29 is 5.11 Å². The normalized spacial score (nSPS) is 21.3. The Balaban J connectivity index is 2.05. The highest BCUT2D eigenvalue weighted by atomic mass is 16.3. The molecule has 2 heterocycles. The van der Waals surface area contributed by atoms with Crippen molar-refractivity contribution in [3.05, 3.63) is 24.0 Å². The molecule has 1 aliphatic rings. The van der Waals surface area contributed by atoms with E-state index in [1.165, 1.54) is 31.4 Å². The van der Waals surface area contributed by atoms with Crippen LogP contribution >= 0.6 is 0 Å². The standard InChI is InChI=1S/C14H22N2O/c1-2-12-4-3-8-16(9-6-12)14-5-7-15-13(10-14)11-17/h5,7,10,12,17H,2-4,6,8-9,11H2,1H3. The molecule has 1 N–H and O–H groups in total. The Morgan fingerprint density at radius 3 is 3.06 bits per heavy atom. The maximum absolute atomic E-state index is 9.12. The number of anilines is 1. The molecule has 2 rings (SSSR count). The minimum atomic E-state index is 0.0270. The van der Waals surface area contributed by atoms with E-state index in [0.29, 0.717) is 0 Å². The van der Waals surface area contributed by atoms with Gasteiger partial charge in [-0.2, -0.15) is 0 Å². The molecule has 1 aromatic heterocycles. The van der Waals surface area contributed by atoms with E-state index in [4.69, 9.17) is 5.11 Å². The zero-order chi connectivity index (χ0) is 12.1. The second kappa shape index (κ2) is 6.01. The number of aliphatic hydroxyl groups excluding tert-OH is 1. The predicted octanol–water partition coefficient (Wildman–Crippen LogP) is 2.59. The van der Waals surface area contributed by atoms with Gasteiger partial charge >= 0.3 is 0 Å². The van der Waals surface area contributed by atoms with Crippen LogP contribution < -0.4 is 4.90 Å². The van der Waals surface area contributed by atoms with Crippen molar-refractivity contribution in [2.24, 2.45) is 5.92 Å². The van der Waals surface area contributed by atoms with Crippen molar-refractivity contribution in [1.82, 2.24) is 4.98 Å². The van der Waals surface area contributed by atoms with E-state index in [2.05, 4.69) is 16.8 Å². The second-order valence-corrected chi connectivity index (χ2v) is 4.86. The van der Waals surface area contributed by atoms with E-state index in [9.17, 15) is 0 Å². The summed E-state index contributed by atoms with van der Waals surface area (Å²) >= 11 is 0. The van der Waals surface area contributed by atoms with Crippen molar-refractivity contribution in [3.8, 4) is 0 Å². The molecule has 0 spiro atoms. The molecular weight excluding hydrogens is 212 g/mol. The highest BCUT2D eigenvalue weighted by molar-refractivity contribution is 5.46. The van der Waals surface area contributed by atoms with Crippen LogP contribution in [0.3, 0.4) is 0 Å². The number of nitrogens with zero attached hydrogens (tertiary/aromatic N) is 2. The number of hydrogen-bond acceptors (Lipinski definition) is 3. The topological polar surface area (TPSA) is 36.4 Å². The van der Waals surface area contributed by atoms with Gasteiger partial charge in [0.25, 0.3) is 0 Å². The fourth-order valence-electron chi connectivity index (χ4n) is 2.58. The van der Waals surface area contributed by atoms with Gasteiger partial charge in [0.2, 0.25) is 0 Å². The summed E-state index contributed by atoms with van der Waals surface area (Å²) in [5, 5.41) is 9.12. The summed E-state index contributed by atoms with van der Waals surface area (Å²) in [6.45, 7) is 4.58. The van der Waals surface area contributed by atoms with Crippen LogP contribution in [0.5, 0.6) is 0 Å². The molecule has 1 unspecified atom stereocenters.